The molecule has 9 heteroatoms. The van der Waals surface area contributed by atoms with Gasteiger partial charge in [0.1, 0.15) is 22.2 Å². The molecule has 0 radical (unpaired) electrons. The largest absolute Gasteiger partial charge is 0.395 e. The zero-order chi connectivity index (χ0) is 19.0. The van der Waals surface area contributed by atoms with Crippen molar-refractivity contribution in [2.24, 2.45) is 0 Å². The smallest absolute Gasteiger partial charge is 0.264 e. The van der Waals surface area contributed by atoms with E-state index in [1.165, 1.54) is 11.2 Å². The minimum atomic E-state index is -0.467. The first-order valence-corrected chi connectivity index (χ1v) is 9.13. The van der Waals surface area contributed by atoms with E-state index >= 15 is 0 Å². The standard InChI is InChI=1S/C18H16Cl2N4O3/c19-16-15(17(20)22-10-21-16)18(26)24(5-6-25)12-1-2-14-11(7-12)3-4-23(14)13-8-27-9-13/h1-4,7,10,13,25H,5-6,8-9H2. The highest BCUT2D eigenvalue weighted by Gasteiger charge is 2.25. The molecule has 1 aliphatic heterocycles. The average molecular weight is 407 g/mol. The van der Waals surface area contributed by atoms with Crippen molar-refractivity contribution in [2.75, 3.05) is 31.3 Å². The van der Waals surface area contributed by atoms with Crippen LogP contribution in [0.25, 0.3) is 10.9 Å². The molecule has 0 bridgehead atoms. The average Bonchev–Trinajstić information content (AvgIpc) is 3.01. The van der Waals surface area contributed by atoms with Gasteiger partial charge >= 0.3 is 0 Å². The van der Waals surface area contributed by atoms with Gasteiger partial charge in [0.2, 0.25) is 0 Å². The van der Waals surface area contributed by atoms with E-state index in [-0.39, 0.29) is 29.0 Å². The Morgan fingerprint density at radius 1 is 1.26 bits per heavy atom. The number of aliphatic hydroxyl groups excluding tert-OH is 1. The van der Waals surface area contributed by atoms with Crippen LogP contribution in [0.4, 0.5) is 5.69 Å². The Morgan fingerprint density at radius 3 is 2.63 bits per heavy atom. The second-order valence-electron chi connectivity index (χ2n) is 6.17. The highest BCUT2D eigenvalue weighted by molar-refractivity contribution is 6.39. The van der Waals surface area contributed by atoms with Crippen LogP contribution in [0.1, 0.15) is 16.4 Å². The molecule has 0 saturated carbocycles. The van der Waals surface area contributed by atoms with Crippen molar-refractivity contribution in [3.63, 3.8) is 0 Å². The molecule has 4 rings (SSSR count). The summed E-state index contributed by atoms with van der Waals surface area (Å²) >= 11 is 12.1. The SMILES string of the molecule is O=C(c1c(Cl)ncnc1Cl)N(CCO)c1ccc2c(ccn2C2COC2)c1. The maximum Gasteiger partial charge on any atom is 0.264 e. The van der Waals surface area contributed by atoms with Crippen LogP contribution in [0.3, 0.4) is 0 Å². The molecule has 1 N–H and O–H groups in total. The lowest BCUT2D eigenvalue weighted by atomic mass is 10.2. The monoisotopic (exact) mass is 406 g/mol. The first-order valence-electron chi connectivity index (χ1n) is 8.37. The summed E-state index contributed by atoms with van der Waals surface area (Å²) in [7, 11) is 0. The minimum absolute atomic E-state index is 0.0126. The van der Waals surface area contributed by atoms with Crippen LogP contribution in [0.2, 0.25) is 10.3 Å². The maximum absolute atomic E-state index is 13.0. The molecule has 3 heterocycles. The molecule has 1 aromatic carbocycles. The van der Waals surface area contributed by atoms with Gasteiger partial charge in [-0.25, -0.2) is 9.97 Å². The number of carbonyl (C=O) groups excluding carboxylic acids is 1. The second kappa shape index (κ2) is 7.44. The first kappa shape index (κ1) is 18.2. The van der Waals surface area contributed by atoms with E-state index in [2.05, 4.69) is 14.5 Å². The third-order valence-electron chi connectivity index (χ3n) is 4.57. The fourth-order valence-corrected chi connectivity index (χ4v) is 3.60. The number of aromatic nitrogens is 3. The van der Waals surface area contributed by atoms with E-state index < -0.39 is 5.91 Å². The predicted octanol–water partition coefficient (Wildman–Crippen LogP) is 2.95. The molecule has 1 fully saturated rings. The first-order chi connectivity index (χ1) is 13.1. The Balaban J connectivity index is 1.72. The third-order valence-corrected chi connectivity index (χ3v) is 5.14. The van der Waals surface area contributed by atoms with E-state index in [9.17, 15) is 9.90 Å². The number of nitrogens with zero attached hydrogens (tertiary/aromatic N) is 4. The summed E-state index contributed by atoms with van der Waals surface area (Å²) in [6, 6.07) is 8.00. The van der Waals surface area contributed by atoms with Gasteiger partial charge in [0, 0.05) is 29.3 Å². The van der Waals surface area contributed by atoms with Gasteiger partial charge in [0.05, 0.1) is 25.9 Å². The lowest BCUT2D eigenvalue weighted by Gasteiger charge is -2.28. The third kappa shape index (κ3) is 3.27. The van der Waals surface area contributed by atoms with Gasteiger partial charge in [-0.3, -0.25) is 4.79 Å². The van der Waals surface area contributed by atoms with Crippen LogP contribution in [0.15, 0.2) is 36.8 Å². The number of aliphatic hydroxyl groups is 1. The molecule has 3 aromatic rings. The predicted molar refractivity (Wildman–Crippen MR) is 103 cm³/mol. The topological polar surface area (TPSA) is 80.5 Å². The maximum atomic E-state index is 13.0. The van der Waals surface area contributed by atoms with Crippen molar-refractivity contribution in [1.82, 2.24) is 14.5 Å². The number of carbonyl (C=O) groups is 1. The normalized spacial score (nSPS) is 14.3. The van der Waals surface area contributed by atoms with Crippen LogP contribution in [0.5, 0.6) is 0 Å². The summed E-state index contributed by atoms with van der Waals surface area (Å²) in [6.45, 7) is 1.27. The Hall–Kier alpha value is -2.19. The number of benzene rings is 1. The van der Waals surface area contributed by atoms with Crippen molar-refractivity contribution in [1.29, 1.82) is 0 Å². The summed E-state index contributed by atoms with van der Waals surface area (Å²) in [5.41, 5.74) is 1.70. The fourth-order valence-electron chi connectivity index (χ4n) is 3.13. The zero-order valence-corrected chi connectivity index (χ0v) is 15.7. The van der Waals surface area contributed by atoms with Crippen LogP contribution >= 0.6 is 23.2 Å². The minimum Gasteiger partial charge on any atom is -0.395 e. The quantitative estimate of drug-likeness (QED) is 0.658. The number of halogens is 2. The summed E-state index contributed by atoms with van der Waals surface area (Å²) in [4.78, 5) is 22.1. The lowest BCUT2D eigenvalue weighted by molar-refractivity contribution is -0.0213. The van der Waals surface area contributed by atoms with Gasteiger partial charge in [0.15, 0.2) is 0 Å². The molecule has 1 amide bonds. The number of amides is 1. The highest BCUT2D eigenvalue weighted by Crippen LogP contribution is 2.30. The van der Waals surface area contributed by atoms with Gasteiger partial charge < -0.3 is 19.3 Å². The Kier molecular flexibility index (Phi) is 5.01. The molecule has 0 spiro atoms. The van der Waals surface area contributed by atoms with Crippen molar-refractivity contribution < 1.29 is 14.6 Å². The van der Waals surface area contributed by atoms with Crippen LogP contribution in [-0.4, -0.2) is 51.9 Å². The van der Waals surface area contributed by atoms with Gasteiger partial charge in [0.25, 0.3) is 5.91 Å². The molecule has 0 atom stereocenters. The number of fused-ring (bicyclic) bond motifs is 1. The van der Waals surface area contributed by atoms with Crippen molar-refractivity contribution >= 4 is 45.7 Å². The highest BCUT2D eigenvalue weighted by atomic mass is 35.5. The van der Waals surface area contributed by atoms with E-state index in [0.29, 0.717) is 24.9 Å². The van der Waals surface area contributed by atoms with E-state index in [1.807, 2.05) is 30.5 Å². The summed E-state index contributed by atoms with van der Waals surface area (Å²) in [5.74, 6) is -0.467. The van der Waals surface area contributed by atoms with Crippen molar-refractivity contribution in [3.05, 3.63) is 52.7 Å². The number of hydrogen-bond donors (Lipinski definition) is 1. The fraction of sp³-hybridized carbons (Fsp3) is 0.278. The molecule has 0 aliphatic carbocycles. The van der Waals surface area contributed by atoms with Crippen LogP contribution in [0, 0.1) is 0 Å². The second-order valence-corrected chi connectivity index (χ2v) is 6.88. The van der Waals surface area contributed by atoms with Crippen LogP contribution < -0.4 is 4.90 Å². The van der Waals surface area contributed by atoms with E-state index in [1.54, 1.807) is 0 Å². The van der Waals surface area contributed by atoms with Gasteiger partial charge in [-0.05, 0) is 24.3 Å². The summed E-state index contributed by atoms with van der Waals surface area (Å²) < 4.78 is 7.43. The summed E-state index contributed by atoms with van der Waals surface area (Å²) in [5, 5.41) is 10.4. The molecule has 1 saturated heterocycles. The Labute approximate surface area is 165 Å². The van der Waals surface area contributed by atoms with E-state index in [4.69, 9.17) is 27.9 Å². The van der Waals surface area contributed by atoms with Gasteiger partial charge in [-0.1, -0.05) is 23.2 Å². The molecule has 140 valence electrons. The number of hydrogen-bond acceptors (Lipinski definition) is 5. The van der Waals surface area contributed by atoms with Crippen LogP contribution in [-0.2, 0) is 4.74 Å². The van der Waals surface area contributed by atoms with Crippen molar-refractivity contribution in [2.45, 2.75) is 6.04 Å². The molecular formula is C18H16Cl2N4O3. The lowest BCUT2D eigenvalue weighted by Crippen LogP contribution is -2.34. The Bertz CT molecular complexity index is 983. The number of rotatable bonds is 5. The molecule has 2 aromatic heterocycles. The Morgan fingerprint density at radius 2 is 2.00 bits per heavy atom. The summed E-state index contributed by atoms with van der Waals surface area (Å²) in [6.07, 6.45) is 3.20. The molecular weight excluding hydrogens is 391 g/mol. The van der Waals surface area contributed by atoms with Gasteiger partial charge in [-0.15, -0.1) is 0 Å². The zero-order valence-electron chi connectivity index (χ0n) is 14.2. The molecule has 1 aliphatic rings. The number of anilines is 1. The molecule has 27 heavy (non-hydrogen) atoms. The van der Waals surface area contributed by atoms with E-state index in [0.717, 1.165) is 10.9 Å². The number of ether oxygens (including phenoxy) is 1. The molecule has 7 nitrogen and oxygen atoms in total. The molecule has 0 unspecified atom stereocenters. The van der Waals surface area contributed by atoms with Gasteiger partial charge in [-0.2, -0.15) is 0 Å². The van der Waals surface area contributed by atoms with Crippen molar-refractivity contribution in [3.8, 4) is 0 Å².